The summed E-state index contributed by atoms with van der Waals surface area (Å²) >= 11 is 0. The number of rotatable bonds is 4. The largest absolute Gasteiger partial charge is 0.388 e. The van der Waals surface area contributed by atoms with Gasteiger partial charge in [0, 0.05) is 38.6 Å². The summed E-state index contributed by atoms with van der Waals surface area (Å²) in [6.45, 7) is 8.36. The molecule has 106 valence electrons. The molecule has 1 aliphatic rings. The molecule has 3 nitrogen and oxygen atoms in total. The van der Waals surface area contributed by atoms with Crippen LogP contribution in [0.4, 0.5) is 0 Å². The van der Waals surface area contributed by atoms with Crippen LogP contribution < -0.4 is 5.32 Å². The summed E-state index contributed by atoms with van der Waals surface area (Å²) in [4.78, 5) is 0. The van der Waals surface area contributed by atoms with Crippen LogP contribution in [0.5, 0.6) is 0 Å². The average Bonchev–Trinajstić information content (AvgIpc) is 2.40. The second-order valence-electron chi connectivity index (χ2n) is 5.78. The predicted octanol–water partition coefficient (Wildman–Crippen LogP) is 2.50. The van der Waals surface area contributed by atoms with Gasteiger partial charge in [0.1, 0.15) is 0 Å². The first-order valence-corrected chi connectivity index (χ1v) is 7.11. The van der Waals surface area contributed by atoms with Crippen molar-refractivity contribution in [2.45, 2.75) is 45.3 Å². The smallest absolute Gasteiger partial charge is 0.0815 e. The van der Waals surface area contributed by atoms with E-state index in [9.17, 15) is 5.11 Å². The number of aliphatic hydroxyl groups is 1. The molecule has 0 radical (unpaired) electrons. The quantitative estimate of drug-likeness (QED) is 0.877. The van der Waals surface area contributed by atoms with Gasteiger partial charge in [-0.05, 0) is 37.5 Å². The Labute approximate surface area is 116 Å². The topological polar surface area (TPSA) is 41.5 Å². The third-order valence-corrected chi connectivity index (χ3v) is 4.19. The molecule has 19 heavy (non-hydrogen) atoms. The molecule has 3 heteroatoms. The molecule has 0 aromatic heterocycles. The fraction of sp³-hybridized carbons (Fsp3) is 0.625. The first kappa shape index (κ1) is 14.5. The van der Waals surface area contributed by atoms with Crippen LogP contribution in [0.15, 0.2) is 18.2 Å². The SMILES string of the molecule is Cc1ccc(C(C)NCC2(O)CCOCC2)cc1C. The van der Waals surface area contributed by atoms with Gasteiger partial charge in [-0.15, -0.1) is 0 Å². The van der Waals surface area contributed by atoms with Crippen LogP contribution in [0, 0.1) is 13.8 Å². The van der Waals surface area contributed by atoms with Gasteiger partial charge in [0.05, 0.1) is 5.60 Å². The number of hydrogen-bond donors (Lipinski definition) is 2. The highest BCUT2D eigenvalue weighted by Gasteiger charge is 2.29. The van der Waals surface area contributed by atoms with E-state index in [1.807, 2.05) is 0 Å². The molecule has 1 aromatic carbocycles. The molecule has 2 rings (SSSR count). The molecule has 2 N–H and O–H groups in total. The Bertz CT molecular complexity index is 425. The normalized spacial score (nSPS) is 20.2. The van der Waals surface area contributed by atoms with Crippen molar-refractivity contribution >= 4 is 0 Å². The lowest BCUT2D eigenvalue weighted by atomic mass is 9.93. The predicted molar refractivity (Wildman–Crippen MR) is 77.3 cm³/mol. The Kier molecular flexibility index (Phi) is 4.61. The number of ether oxygens (including phenoxy) is 1. The Morgan fingerprint density at radius 3 is 2.58 bits per heavy atom. The van der Waals surface area contributed by atoms with Crippen molar-refractivity contribution in [3.05, 3.63) is 34.9 Å². The van der Waals surface area contributed by atoms with Gasteiger partial charge in [0.25, 0.3) is 0 Å². The molecular formula is C16H25NO2. The summed E-state index contributed by atoms with van der Waals surface area (Å²) in [5, 5.41) is 13.9. The minimum atomic E-state index is -0.605. The highest BCUT2D eigenvalue weighted by molar-refractivity contribution is 5.31. The standard InChI is InChI=1S/C16H25NO2/c1-12-4-5-15(10-13(12)2)14(3)17-11-16(18)6-8-19-9-7-16/h4-5,10,14,17-18H,6-9,11H2,1-3H3. The third kappa shape index (κ3) is 3.78. The van der Waals surface area contributed by atoms with Crippen molar-refractivity contribution < 1.29 is 9.84 Å². The van der Waals surface area contributed by atoms with Gasteiger partial charge >= 0.3 is 0 Å². The zero-order chi connectivity index (χ0) is 13.9. The summed E-state index contributed by atoms with van der Waals surface area (Å²) in [6.07, 6.45) is 1.44. The van der Waals surface area contributed by atoms with E-state index in [4.69, 9.17) is 4.74 Å². The number of nitrogens with one attached hydrogen (secondary N) is 1. The van der Waals surface area contributed by atoms with Crippen LogP contribution in [0.1, 0.15) is 42.5 Å². The zero-order valence-corrected chi connectivity index (χ0v) is 12.2. The highest BCUT2D eigenvalue weighted by atomic mass is 16.5. The second kappa shape index (κ2) is 6.04. The Morgan fingerprint density at radius 1 is 1.26 bits per heavy atom. The van der Waals surface area contributed by atoms with Gasteiger partial charge in [-0.1, -0.05) is 18.2 Å². The summed E-state index contributed by atoms with van der Waals surface area (Å²) in [6, 6.07) is 6.80. The summed E-state index contributed by atoms with van der Waals surface area (Å²) in [7, 11) is 0. The van der Waals surface area contributed by atoms with Crippen molar-refractivity contribution in [3.63, 3.8) is 0 Å². The molecule has 1 heterocycles. The average molecular weight is 263 g/mol. The first-order chi connectivity index (χ1) is 9.00. The number of hydrogen-bond acceptors (Lipinski definition) is 3. The van der Waals surface area contributed by atoms with E-state index >= 15 is 0 Å². The van der Waals surface area contributed by atoms with E-state index < -0.39 is 5.60 Å². The molecule has 1 saturated heterocycles. The maximum absolute atomic E-state index is 10.4. The van der Waals surface area contributed by atoms with E-state index in [1.54, 1.807) is 0 Å². The Morgan fingerprint density at radius 2 is 1.95 bits per heavy atom. The minimum absolute atomic E-state index is 0.256. The zero-order valence-electron chi connectivity index (χ0n) is 12.2. The molecule has 0 amide bonds. The van der Waals surface area contributed by atoms with Crippen molar-refractivity contribution in [1.29, 1.82) is 0 Å². The minimum Gasteiger partial charge on any atom is -0.388 e. The highest BCUT2D eigenvalue weighted by Crippen LogP contribution is 2.22. The fourth-order valence-corrected chi connectivity index (χ4v) is 2.42. The van der Waals surface area contributed by atoms with E-state index in [2.05, 4.69) is 44.3 Å². The Balaban J connectivity index is 1.93. The van der Waals surface area contributed by atoms with Gasteiger partial charge in [0.2, 0.25) is 0 Å². The summed E-state index contributed by atoms with van der Waals surface area (Å²) in [5.74, 6) is 0. The fourth-order valence-electron chi connectivity index (χ4n) is 2.42. The Hall–Kier alpha value is -0.900. The summed E-state index contributed by atoms with van der Waals surface area (Å²) in [5.41, 5.74) is 3.31. The van der Waals surface area contributed by atoms with E-state index in [1.165, 1.54) is 16.7 Å². The number of aryl methyl sites for hydroxylation is 2. The molecule has 0 saturated carbocycles. The van der Waals surface area contributed by atoms with Gasteiger partial charge in [-0.3, -0.25) is 0 Å². The monoisotopic (exact) mass is 263 g/mol. The first-order valence-electron chi connectivity index (χ1n) is 7.11. The maximum Gasteiger partial charge on any atom is 0.0815 e. The van der Waals surface area contributed by atoms with Crippen molar-refractivity contribution in [2.24, 2.45) is 0 Å². The lowest BCUT2D eigenvalue weighted by Gasteiger charge is -2.33. The van der Waals surface area contributed by atoms with Crippen LogP contribution in [0.25, 0.3) is 0 Å². The van der Waals surface area contributed by atoms with Crippen LogP contribution in [0.3, 0.4) is 0 Å². The second-order valence-corrected chi connectivity index (χ2v) is 5.78. The van der Waals surface area contributed by atoms with Gasteiger partial charge in [-0.2, -0.15) is 0 Å². The maximum atomic E-state index is 10.4. The van der Waals surface area contributed by atoms with Crippen molar-refractivity contribution in [2.75, 3.05) is 19.8 Å². The molecule has 1 unspecified atom stereocenters. The van der Waals surface area contributed by atoms with Crippen molar-refractivity contribution in [1.82, 2.24) is 5.32 Å². The van der Waals surface area contributed by atoms with E-state index in [0.717, 1.165) is 12.8 Å². The molecule has 1 atom stereocenters. The molecule has 0 aliphatic carbocycles. The van der Waals surface area contributed by atoms with Crippen LogP contribution in [-0.2, 0) is 4.74 Å². The third-order valence-electron chi connectivity index (χ3n) is 4.19. The number of benzene rings is 1. The van der Waals surface area contributed by atoms with E-state index in [-0.39, 0.29) is 6.04 Å². The van der Waals surface area contributed by atoms with E-state index in [0.29, 0.717) is 19.8 Å². The molecule has 1 aliphatic heterocycles. The summed E-state index contributed by atoms with van der Waals surface area (Å²) < 4.78 is 5.30. The molecule has 0 bridgehead atoms. The molecular weight excluding hydrogens is 238 g/mol. The molecule has 1 fully saturated rings. The van der Waals surface area contributed by atoms with Crippen LogP contribution >= 0.6 is 0 Å². The molecule has 0 spiro atoms. The lowest BCUT2D eigenvalue weighted by Crippen LogP contribution is -2.45. The van der Waals surface area contributed by atoms with Gasteiger partial charge < -0.3 is 15.2 Å². The van der Waals surface area contributed by atoms with Crippen LogP contribution in [0.2, 0.25) is 0 Å². The van der Waals surface area contributed by atoms with Gasteiger partial charge in [-0.25, -0.2) is 0 Å². The molecule has 1 aromatic rings. The van der Waals surface area contributed by atoms with Gasteiger partial charge in [0.15, 0.2) is 0 Å². The van der Waals surface area contributed by atoms with Crippen molar-refractivity contribution in [3.8, 4) is 0 Å². The van der Waals surface area contributed by atoms with Crippen LogP contribution in [-0.4, -0.2) is 30.5 Å². The lowest BCUT2D eigenvalue weighted by molar-refractivity contribution is -0.0626.